The van der Waals surface area contributed by atoms with Crippen LogP contribution >= 0.6 is 0 Å². The summed E-state index contributed by atoms with van der Waals surface area (Å²) < 4.78 is 15.8. The second-order valence-corrected chi connectivity index (χ2v) is 5.19. The molecule has 0 radical (unpaired) electrons. The number of hydrogen-bond donors (Lipinski definition) is 1. The predicted molar refractivity (Wildman–Crippen MR) is 69.8 cm³/mol. The molecule has 0 saturated carbocycles. The van der Waals surface area contributed by atoms with E-state index in [2.05, 4.69) is 17.2 Å². The molecule has 4 heteroatoms. The molecule has 0 amide bonds. The lowest BCUT2D eigenvalue weighted by atomic mass is 9.92. The monoisotopic (exact) mass is 247 g/mol. The molecule has 1 aromatic heterocycles. The highest BCUT2D eigenvalue weighted by atomic mass is 19.1. The Balaban J connectivity index is 2.11. The first kappa shape index (κ1) is 11.7. The fourth-order valence-electron chi connectivity index (χ4n) is 2.87. The summed E-state index contributed by atoms with van der Waals surface area (Å²) in [6.45, 7) is 3.24. The first-order valence-corrected chi connectivity index (χ1v) is 6.52. The van der Waals surface area contributed by atoms with Gasteiger partial charge in [-0.2, -0.15) is 0 Å². The molecule has 1 aromatic carbocycles. The maximum absolute atomic E-state index is 13.7. The molecule has 1 saturated heterocycles. The van der Waals surface area contributed by atoms with E-state index in [0.29, 0.717) is 11.4 Å². The Kier molecular flexibility index (Phi) is 2.82. The molecule has 0 aliphatic carbocycles. The lowest BCUT2D eigenvalue weighted by Crippen LogP contribution is -2.34. The van der Waals surface area contributed by atoms with Crippen molar-refractivity contribution in [1.29, 1.82) is 0 Å². The zero-order valence-electron chi connectivity index (χ0n) is 10.8. The number of nitrogens with one attached hydrogen (secondary N) is 1. The third kappa shape index (κ3) is 1.72. The minimum Gasteiger partial charge on any atom is -0.330 e. The summed E-state index contributed by atoms with van der Waals surface area (Å²) in [5.74, 6) is 1.25. The Morgan fingerprint density at radius 2 is 2.28 bits per heavy atom. The summed E-state index contributed by atoms with van der Waals surface area (Å²) in [5, 5.41) is 3.50. The van der Waals surface area contributed by atoms with Gasteiger partial charge in [0.2, 0.25) is 0 Å². The fraction of sp³-hybridized carbons (Fsp3) is 0.500. The Labute approximate surface area is 106 Å². The van der Waals surface area contributed by atoms with Gasteiger partial charge in [0.25, 0.3) is 0 Å². The van der Waals surface area contributed by atoms with E-state index in [4.69, 9.17) is 0 Å². The van der Waals surface area contributed by atoms with Gasteiger partial charge in [-0.1, -0.05) is 13.0 Å². The third-order valence-corrected chi connectivity index (χ3v) is 3.94. The first-order valence-electron chi connectivity index (χ1n) is 6.52. The second kappa shape index (κ2) is 4.35. The number of halogens is 1. The minimum absolute atomic E-state index is 0.232. The maximum atomic E-state index is 13.7. The average molecular weight is 247 g/mol. The van der Waals surface area contributed by atoms with Gasteiger partial charge in [-0.15, -0.1) is 0 Å². The standard InChI is InChI=1S/C14H18FN3/c1-9-5-4-8-16-12(9)14-17-13-10(15)6-3-7-11(13)18(14)2/h3,6-7,9,12,16H,4-5,8H2,1-2H3. The Morgan fingerprint density at radius 1 is 1.44 bits per heavy atom. The van der Waals surface area contributed by atoms with Crippen LogP contribution in [0.15, 0.2) is 18.2 Å². The molecule has 2 unspecified atom stereocenters. The molecule has 1 fully saturated rings. The maximum Gasteiger partial charge on any atom is 0.151 e. The van der Waals surface area contributed by atoms with E-state index in [1.54, 1.807) is 6.07 Å². The Morgan fingerprint density at radius 3 is 3.00 bits per heavy atom. The SMILES string of the molecule is CC1CCCNC1c1nc2c(F)cccc2n1C. The van der Waals surface area contributed by atoms with Gasteiger partial charge in [-0.25, -0.2) is 9.37 Å². The molecule has 1 N–H and O–H groups in total. The molecule has 1 aliphatic rings. The van der Waals surface area contributed by atoms with Crippen LogP contribution in [0.2, 0.25) is 0 Å². The summed E-state index contributed by atoms with van der Waals surface area (Å²) in [7, 11) is 1.97. The van der Waals surface area contributed by atoms with Crippen LogP contribution in [-0.2, 0) is 7.05 Å². The molecule has 3 nitrogen and oxygen atoms in total. The van der Waals surface area contributed by atoms with E-state index < -0.39 is 0 Å². The van der Waals surface area contributed by atoms with Gasteiger partial charge in [-0.3, -0.25) is 0 Å². The van der Waals surface area contributed by atoms with Crippen molar-refractivity contribution in [3.8, 4) is 0 Å². The van der Waals surface area contributed by atoms with Crippen molar-refractivity contribution in [3.63, 3.8) is 0 Å². The lowest BCUT2D eigenvalue weighted by Gasteiger charge is -2.29. The number of para-hydroxylation sites is 1. The molecule has 1 aliphatic heterocycles. The fourth-order valence-corrected chi connectivity index (χ4v) is 2.87. The van der Waals surface area contributed by atoms with E-state index >= 15 is 0 Å². The normalized spacial score (nSPS) is 24.6. The number of fused-ring (bicyclic) bond motifs is 1. The second-order valence-electron chi connectivity index (χ2n) is 5.19. The molecule has 96 valence electrons. The quantitative estimate of drug-likeness (QED) is 0.839. The molecule has 0 spiro atoms. The van der Waals surface area contributed by atoms with Crippen LogP contribution in [-0.4, -0.2) is 16.1 Å². The first-order chi connectivity index (χ1) is 8.68. The van der Waals surface area contributed by atoms with Crippen LogP contribution in [0.3, 0.4) is 0 Å². The van der Waals surface area contributed by atoms with Gasteiger partial charge < -0.3 is 9.88 Å². The summed E-state index contributed by atoms with van der Waals surface area (Å²) in [6.07, 6.45) is 2.40. The number of piperidine rings is 1. The van der Waals surface area contributed by atoms with E-state index in [1.807, 2.05) is 17.7 Å². The van der Waals surface area contributed by atoms with Crippen molar-refractivity contribution in [1.82, 2.24) is 14.9 Å². The van der Waals surface area contributed by atoms with Gasteiger partial charge in [0.05, 0.1) is 11.6 Å². The van der Waals surface area contributed by atoms with Gasteiger partial charge >= 0.3 is 0 Å². The van der Waals surface area contributed by atoms with Crippen molar-refractivity contribution < 1.29 is 4.39 Å². The highest BCUT2D eigenvalue weighted by Crippen LogP contribution is 2.30. The zero-order valence-corrected chi connectivity index (χ0v) is 10.8. The van der Waals surface area contributed by atoms with Crippen LogP contribution in [0.5, 0.6) is 0 Å². The van der Waals surface area contributed by atoms with Gasteiger partial charge in [-0.05, 0) is 37.4 Å². The van der Waals surface area contributed by atoms with E-state index in [9.17, 15) is 4.39 Å². The zero-order chi connectivity index (χ0) is 12.7. The highest BCUT2D eigenvalue weighted by molar-refractivity contribution is 5.76. The minimum atomic E-state index is -0.238. The summed E-state index contributed by atoms with van der Waals surface area (Å²) in [5.41, 5.74) is 1.35. The number of rotatable bonds is 1. The molecule has 3 rings (SSSR count). The van der Waals surface area contributed by atoms with Crippen LogP contribution in [0.4, 0.5) is 4.39 Å². The number of hydrogen-bond acceptors (Lipinski definition) is 2. The lowest BCUT2D eigenvalue weighted by molar-refractivity contribution is 0.291. The number of imidazole rings is 1. The van der Waals surface area contributed by atoms with E-state index in [-0.39, 0.29) is 11.9 Å². The average Bonchev–Trinajstić information content (AvgIpc) is 2.70. The van der Waals surface area contributed by atoms with Crippen LogP contribution in [0.1, 0.15) is 31.6 Å². The predicted octanol–water partition coefficient (Wildman–Crippen LogP) is 2.77. The largest absolute Gasteiger partial charge is 0.330 e. The smallest absolute Gasteiger partial charge is 0.151 e. The van der Waals surface area contributed by atoms with Crippen molar-refractivity contribution in [2.24, 2.45) is 13.0 Å². The molecule has 2 heterocycles. The molecule has 0 bridgehead atoms. The number of aryl methyl sites for hydroxylation is 1. The van der Waals surface area contributed by atoms with Crippen molar-refractivity contribution in [3.05, 3.63) is 29.8 Å². The van der Waals surface area contributed by atoms with Gasteiger partial charge in [0.15, 0.2) is 5.82 Å². The Bertz CT molecular complexity index is 576. The number of benzene rings is 1. The highest BCUT2D eigenvalue weighted by Gasteiger charge is 2.27. The van der Waals surface area contributed by atoms with Crippen LogP contribution in [0, 0.1) is 11.7 Å². The van der Waals surface area contributed by atoms with Gasteiger partial charge in [0, 0.05) is 7.05 Å². The van der Waals surface area contributed by atoms with Crippen LogP contribution in [0.25, 0.3) is 11.0 Å². The van der Waals surface area contributed by atoms with Gasteiger partial charge in [0.1, 0.15) is 11.3 Å². The van der Waals surface area contributed by atoms with Crippen LogP contribution < -0.4 is 5.32 Å². The number of nitrogens with zero attached hydrogens (tertiary/aromatic N) is 2. The van der Waals surface area contributed by atoms with Crippen molar-refractivity contribution >= 4 is 11.0 Å². The molecule has 18 heavy (non-hydrogen) atoms. The molecular formula is C14H18FN3. The summed E-state index contributed by atoms with van der Waals surface area (Å²) >= 11 is 0. The number of aromatic nitrogens is 2. The van der Waals surface area contributed by atoms with Crippen molar-refractivity contribution in [2.75, 3.05) is 6.54 Å². The van der Waals surface area contributed by atoms with E-state index in [0.717, 1.165) is 17.9 Å². The van der Waals surface area contributed by atoms with E-state index in [1.165, 1.54) is 18.9 Å². The molecular weight excluding hydrogens is 229 g/mol. The van der Waals surface area contributed by atoms with Crippen molar-refractivity contribution in [2.45, 2.75) is 25.8 Å². The summed E-state index contributed by atoms with van der Waals surface area (Å²) in [6, 6.07) is 5.36. The molecule has 2 atom stereocenters. The Hall–Kier alpha value is -1.42. The topological polar surface area (TPSA) is 29.9 Å². The molecule has 2 aromatic rings. The third-order valence-electron chi connectivity index (χ3n) is 3.94. The summed E-state index contributed by atoms with van der Waals surface area (Å²) in [4.78, 5) is 4.51.